The number of nitrogens with one attached hydrogen (secondary N) is 1. The SMILES string of the molecule is O=C(c1ccc2c(c1)CCCC2)c1nc[nH]c1C(=O)O. The number of fused-ring (bicyclic) bond motifs is 1. The van der Waals surface area contributed by atoms with Gasteiger partial charge < -0.3 is 10.1 Å². The van der Waals surface area contributed by atoms with E-state index in [-0.39, 0.29) is 17.2 Å². The third-order valence-electron chi connectivity index (χ3n) is 3.68. The minimum absolute atomic E-state index is 0.0340. The summed E-state index contributed by atoms with van der Waals surface area (Å²) < 4.78 is 0. The number of aromatic carboxylic acids is 1. The molecule has 5 nitrogen and oxygen atoms in total. The van der Waals surface area contributed by atoms with Crippen LogP contribution in [0.4, 0.5) is 0 Å². The summed E-state index contributed by atoms with van der Waals surface area (Å²) in [6.07, 6.45) is 5.57. The largest absolute Gasteiger partial charge is 0.477 e. The maximum absolute atomic E-state index is 12.4. The molecule has 0 aliphatic heterocycles. The number of aromatic nitrogens is 2. The van der Waals surface area contributed by atoms with Crippen LogP contribution in [0.1, 0.15) is 50.5 Å². The van der Waals surface area contributed by atoms with Crippen molar-refractivity contribution in [1.29, 1.82) is 0 Å². The molecule has 0 atom stereocenters. The van der Waals surface area contributed by atoms with Crippen molar-refractivity contribution in [3.05, 3.63) is 52.6 Å². The average Bonchev–Trinajstić information content (AvgIpc) is 2.95. The van der Waals surface area contributed by atoms with E-state index in [2.05, 4.69) is 9.97 Å². The number of carbonyl (C=O) groups is 2. The van der Waals surface area contributed by atoms with Crippen LogP contribution in [0.5, 0.6) is 0 Å². The first-order chi connectivity index (χ1) is 9.66. The van der Waals surface area contributed by atoms with Gasteiger partial charge >= 0.3 is 5.97 Å². The Labute approximate surface area is 115 Å². The molecule has 1 aliphatic carbocycles. The van der Waals surface area contributed by atoms with Crippen LogP contribution >= 0.6 is 0 Å². The quantitative estimate of drug-likeness (QED) is 0.838. The van der Waals surface area contributed by atoms with Crippen LogP contribution in [0, 0.1) is 0 Å². The van der Waals surface area contributed by atoms with Gasteiger partial charge in [0.2, 0.25) is 5.78 Å². The molecule has 0 saturated heterocycles. The molecule has 1 aromatic heterocycles. The van der Waals surface area contributed by atoms with E-state index in [1.54, 1.807) is 6.07 Å². The van der Waals surface area contributed by atoms with Crippen molar-refractivity contribution < 1.29 is 14.7 Å². The summed E-state index contributed by atoms with van der Waals surface area (Å²) in [6.45, 7) is 0. The molecular formula is C15H14N2O3. The van der Waals surface area contributed by atoms with Crippen molar-refractivity contribution >= 4 is 11.8 Å². The number of benzene rings is 1. The second kappa shape index (κ2) is 4.92. The molecule has 0 bridgehead atoms. The highest BCUT2D eigenvalue weighted by Crippen LogP contribution is 2.23. The van der Waals surface area contributed by atoms with Gasteiger partial charge in [-0.1, -0.05) is 12.1 Å². The van der Waals surface area contributed by atoms with Crippen LogP contribution in [-0.2, 0) is 12.8 Å². The standard InChI is InChI=1S/C15H14N2O3/c18-14(12-13(15(19)20)17-8-16-12)11-6-5-9-3-1-2-4-10(9)7-11/h5-8H,1-4H2,(H,16,17)(H,19,20). The first-order valence-electron chi connectivity index (χ1n) is 6.60. The molecule has 0 fully saturated rings. The molecule has 0 amide bonds. The summed E-state index contributed by atoms with van der Waals surface area (Å²) in [7, 11) is 0. The van der Waals surface area contributed by atoms with Crippen molar-refractivity contribution in [3.63, 3.8) is 0 Å². The van der Waals surface area contributed by atoms with E-state index < -0.39 is 5.97 Å². The fraction of sp³-hybridized carbons (Fsp3) is 0.267. The van der Waals surface area contributed by atoms with E-state index >= 15 is 0 Å². The normalized spacial score (nSPS) is 13.8. The smallest absolute Gasteiger partial charge is 0.354 e. The molecule has 20 heavy (non-hydrogen) atoms. The van der Waals surface area contributed by atoms with E-state index in [1.165, 1.54) is 23.9 Å². The number of H-pyrrole nitrogens is 1. The molecule has 3 rings (SSSR count). The Bertz CT molecular complexity index is 688. The van der Waals surface area contributed by atoms with Gasteiger partial charge in [-0.05, 0) is 42.9 Å². The van der Waals surface area contributed by atoms with Gasteiger partial charge in [0, 0.05) is 5.56 Å². The molecular weight excluding hydrogens is 256 g/mol. The number of hydrogen-bond acceptors (Lipinski definition) is 3. The van der Waals surface area contributed by atoms with E-state index in [0.717, 1.165) is 19.3 Å². The number of nitrogens with zero attached hydrogens (tertiary/aromatic N) is 1. The molecule has 0 radical (unpaired) electrons. The molecule has 102 valence electrons. The number of imidazole rings is 1. The Morgan fingerprint density at radius 3 is 2.65 bits per heavy atom. The number of aryl methyl sites for hydroxylation is 2. The van der Waals surface area contributed by atoms with Crippen LogP contribution < -0.4 is 0 Å². The van der Waals surface area contributed by atoms with Gasteiger partial charge in [0.15, 0.2) is 5.69 Å². The van der Waals surface area contributed by atoms with E-state index in [1.807, 2.05) is 12.1 Å². The highest BCUT2D eigenvalue weighted by molar-refractivity contribution is 6.12. The van der Waals surface area contributed by atoms with Crippen LogP contribution in [-0.4, -0.2) is 26.8 Å². The van der Waals surface area contributed by atoms with Crippen molar-refractivity contribution in [2.75, 3.05) is 0 Å². The number of aromatic amines is 1. The topological polar surface area (TPSA) is 83.0 Å². The Kier molecular flexibility index (Phi) is 3.10. The molecule has 0 spiro atoms. The summed E-state index contributed by atoms with van der Waals surface area (Å²) in [5.41, 5.74) is 2.78. The first kappa shape index (κ1) is 12.6. The molecule has 1 aromatic carbocycles. The Morgan fingerprint density at radius 1 is 1.15 bits per heavy atom. The minimum atomic E-state index is -1.18. The van der Waals surface area contributed by atoms with Crippen molar-refractivity contribution in [2.45, 2.75) is 25.7 Å². The third-order valence-corrected chi connectivity index (χ3v) is 3.68. The number of ketones is 1. The Balaban J connectivity index is 1.98. The predicted molar refractivity (Wildman–Crippen MR) is 72.1 cm³/mol. The maximum atomic E-state index is 12.4. The van der Waals surface area contributed by atoms with E-state index in [4.69, 9.17) is 5.11 Å². The predicted octanol–water partition coefficient (Wildman–Crippen LogP) is 2.22. The maximum Gasteiger partial charge on any atom is 0.354 e. The molecule has 0 unspecified atom stereocenters. The van der Waals surface area contributed by atoms with Gasteiger partial charge in [-0.15, -0.1) is 0 Å². The summed E-state index contributed by atoms with van der Waals surface area (Å²) in [6, 6.07) is 5.60. The Hall–Kier alpha value is -2.43. The van der Waals surface area contributed by atoms with Crippen molar-refractivity contribution in [2.24, 2.45) is 0 Å². The van der Waals surface area contributed by atoms with Crippen molar-refractivity contribution in [1.82, 2.24) is 9.97 Å². The monoisotopic (exact) mass is 270 g/mol. The molecule has 2 aromatic rings. The first-order valence-corrected chi connectivity index (χ1v) is 6.60. The summed E-state index contributed by atoms with van der Waals surface area (Å²) in [4.78, 5) is 29.7. The average molecular weight is 270 g/mol. The number of carbonyl (C=O) groups excluding carboxylic acids is 1. The molecule has 2 N–H and O–H groups in total. The minimum Gasteiger partial charge on any atom is -0.477 e. The molecule has 5 heteroatoms. The van der Waals surface area contributed by atoms with Crippen LogP contribution in [0.3, 0.4) is 0 Å². The fourth-order valence-corrected chi connectivity index (χ4v) is 2.64. The summed E-state index contributed by atoms with van der Waals surface area (Å²) in [5.74, 6) is -1.53. The van der Waals surface area contributed by atoms with Crippen LogP contribution in [0.25, 0.3) is 0 Å². The zero-order chi connectivity index (χ0) is 14.1. The molecule has 1 heterocycles. The van der Waals surface area contributed by atoms with Crippen LogP contribution in [0.15, 0.2) is 24.5 Å². The summed E-state index contributed by atoms with van der Waals surface area (Å²) in [5, 5.41) is 9.02. The number of hydrogen-bond donors (Lipinski definition) is 2. The lowest BCUT2D eigenvalue weighted by atomic mass is 9.89. The van der Waals surface area contributed by atoms with E-state index in [9.17, 15) is 9.59 Å². The fourth-order valence-electron chi connectivity index (χ4n) is 2.64. The number of rotatable bonds is 3. The lowest BCUT2D eigenvalue weighted by Gasteiger charge is -2.16. The van der Waals surface area contributed by atoms with Gasteiger partial charge in [0.05, 0.1) is 6.33 Å². The second-order valence-corrected chi connectivity index (χ2v) is 4.95. The molecule has 1 aliphatic rings. The lowest BCUT2D eigenvalue weighted by Crippen LogP contribution is -2.11. The molecule has 0 saturated carbocycles. The highest BCUT2D eigenvalue weighted by atomic mass is 16.4. The van der Waals surface area contributed by atoms with Gasteiger partial charge in [-0.25, -0.2) is 9.78 Å². The number of carboxylic acids is 1. The second-order valence-electron chi connectivity index (χ2n) is 4.95. The summed E-state index contributed by atoms with van der Waals surface area (Å²) >= 11 is 0. The Morgan fingerprint density at radius 2 is 1.90 bits per heavy atom. The van der Waals surface area contributed by atoms with Gasteiger partial charge in [-0.3, -0.25) is 4.79 Å². The van der Waals surface area contributed by atoms with Crippen molar-refractivity contribution in [3.8, 4) is 0 Å². The zero-order valence-corrected chi connectivity index (χ0v) is 10.8. The zero-order valence-electron chi connectivity index (χ0n) is 10.8. The lowest BCUT2D eigenvalue weighted by molar-refractivity contribution is 0.0687. The van der Waals surface area contributed by atoms with Crippen LogP contribution in [0.2, 0.25) is 0 Å². The van der Waals surface area contributed by atoms with Gasteiger partial charge in [0.25, 0.3) is 0 Å². The highest BCUT2D eigenvalue weighted by Gasteiger charge is 2.22. The van der Waals surface area contributed by atoms with Gasteiger partial charge in [0.1, 0.15) is 5.69 Å². The number of carboxylic acid groups (broad SMARTS) is 1. The van der Waals surface area contributed by atoms with E-state index in [0.29, 0.717) is 5.56 Å². The van der Waals surface area contributed by atoms with Gasteiger partial charge in [-0.2, -0.15) is 0 Å². The third kappa shape index (κ3) is 2.11.